The lowest BCUT2D eigenvalue weighted by Gasteiger charge is -2.04. The summed E-state index contributed by atoms with van der Waals surface area (Å²) >= 11 is 0. The molecule has 0 aliphatic rings. The van der Waals surface area contributed by atoms with Crippen molar-refractivity contribution in [3.8, 4) is 6.07 Å². The van der Waals surface area contributed by atoms with Gasteiger partial charge in [-0.3, -0.25) is 4.68 Å². The highest BCUT2D eigenvalue weighted by atomic mass is 16.3. The Labute approximate surface area is 115 Å². The van der Waals surface area contributed by atoms with Crippen molar-refractivity contribution in [2.45, 2.75) is 13.5 Å². The third-order valence-electron chi connectivity index (χ3n) is 3.10. The molecule has 0 unspecified atom stereocenters. The van der Waals surface area contributed by atoms with Crippen LogP contribution in [0, 0.1) is 18.3 Å². The lowest BCUT2D eigenvalue weighted by atomic mass is 10.2. The second-order valence-corrected chi connectivity index (χ2v) is 4.54. The van der Waals surface area contributed by atoms with E-state index in [4.69, 9.17) is 9.68 Å². The quantitative estimate of drug-likeness (QED) is 0.788. The molecule has 0 aliphatic carbocycles. The first-order chi connectivity index (χ1) is 9.67. The van der Waals surface area contributed by atoms with Gasteiger partial charge in [-0.2, -0.15) is 10.4 Å². The summed E-state index contributed by atoms with van der Waals surface area (Å²) in [6.07, 6.45) is 1.76. The average Bonchev–Trinajstić information content (AvgIpc) is 3.02. The second kappa shape index (κ2) is 4.70. The first-order valence-corrected chi connectivity index (χ1v) is 6.19. The van der Waals surface area contributed by atoms with Crippen molar-refractivity contribution in [1.82, 2.24) is 14.8 Å². The normalized spacial score (nSPS) is 10.7. The predicted molar refractivity (Wildman–Crippen MR) is 74.0 cm³/mol. The number of furan rings is 1. The molecule has 3 heterocycles. The van der Waals surface area contributed by atoms with Crippen LogP contribution in [0.1, 0.15) is 17.2 Å². The molecule has 20 heavy (non-hydrogen) atoms. The van der Waals surface area contributed by atoms with E-state index in [2.05, 4.69) is 15.4 Å². The molecule has 100 valence electrons. The van der Waals surface area contributed by atoms with Gasteiger partial charge < -0.3 is 9.73 Å². The van der Waals surface area contributed by atoms with Crippen LogP contribution in [-0.4, -0.2) is 14.8 Å². The molecule has 0 fully saturated rings. The third-order valence-corrected chi connectivity index (χ3v) is 3.10. The number of rotatable bonds is 3. The lowest BCUT2D eigenvalue weighted by molar-refractivity contribution is 0.506. The van der Waals surface area contributed by atoms with Gasteiger partial charge in [0.25, 0.3) is 0 Å². The highest BCUT2D eigenvalue weighted by molar-refractivity contribution is 5.81. The largest absolute Gasteiger partial charge is 0.449 e. The molecule has 0 spiro atoms. The average molecular weight is 267 g/mol. The van der Waals surface area contributed by atoms with Gasteiger partial charge in [-0.1, -0.05) is 0 Å². The van der Waals surface area contributed by atoms with E-state index in [1.807, 2.05) is 26.1 Å². The molecule has 0 amide bonds. The van der Waals surface area contributed by atoms with Gasteiger partial charge >= 0.3 is 0 Å². The van der Waals surface area contributed by atoms with E-state index in [-0.39, 0.29) is 0 Å². The van der Waals surface area contributed by atoms with Crippen LogP contribution in [-0.2, 0) is 13.6 Å². The summed E-state index contributed by atoms with van der Waals surface area (Å²) in [6.45, 7) is 2.47. The summed E-state index contributed by atoms with van der Waals surface area (Å²) in [5, 5.41) is 17.3. The Morgan fingerprint density at radius 3 is 3.05 bits per heavy atom. The summed E-state index contributed by atoms with van der Waals surface area (Å²) in [6, 6.07) is 7.42. The number of anilines is 1. The van der Waals surface area contributed by atoms with Crippen LogP contribution in [0.5, 0.6) is 0 Å². The summed E-state index contributed by atoms with van der Waals surface area (Å²) < 4.78 is 7.07. The maximum atomic E-state index is 8.70. The van der Waals surface area contributed by atoms with Gasteiger partial charge in [0, 0.05) is 12.4 Å². The molecule has 0 radical (unpaired) electrons. The highest BCUT2D eigenvalue weighted by Gasteiger charge is 2.07. The van der Waals surface area contributed by atoms with E-state index >= 15 is 0 Å². The van der Waals surface area contributed by atoms with E-state index in [0.717, 1.165) is 22.4 Å². The van der Waals surface area contributed by atoms with Gasteiger partial charge in [0.15, 0.2) is 5.65 Å². The number of aromatic nitrogens is 3. The van der Waals surface area contributed by atoms with E-state index in [9.17, 15) is 0 Å². The molecule has 0 aliphatic heterocycles. The fourth-order valence-electron chi connectivity index (χ4n) is 2.13. The number of hydrogen-bond donors (Lipinski definition) is 1. The molecule has 0 saturated heterocycles. The number of nitrogens with one attached hydrogen (secondary N) is 1. The first-order valence-electron chi connectivity index (χ1n) is 6.19. The van der Waals surface area contributed by atoms with Gasteiger partial charge in [0.2, 0.25) is 5.76 Å². The number of aryl methyl sites for hydroxylation is 2. The van der Waals surface area contributed by atoms with Crippen molar-refractivity contribution in [3.05, 3.63) is 41.6 Å². The molecule has 3 aromatic rings. The Balaban J connectivity index is 1.81. The molecule has 0 atom stereocenters. The van der Waals surface area contributed by atoms with Crippen molar-refractivity contribution < 1.29 is 4.42 Å². The number of nitrogens with zero attached hydrogens (tertiary/aromatic N) is 4. The standard InChI is InChI=1S/C14H13N5O/c1-9-13-5-10(7-17-14(13)19(2)18-9)16-8-12-4-3-11(6-15)20-12/h3-5,7,16H,8H2,1-2H3. The van der Waals surface area contributed by atoms with Crippen molar-refractivity contribution in [2.24, 2.45) is 7.05 Å². The van der Waals surface area contributed by atoms with Crippen molar-refractivity contribution in [3.63, 3.8) is 0 Å². The van der Waals surface area contributed by atoms with Crippen LogP contribution >= 0.6 is 0 Å². The van der Waals surface area contributed by atoms with E-state index in [1.165, 1.54) is 0 Å². The van der Waals surface area contributed by atoms with Gasteiger partial charge in [-0.15, -0.1) is 0 Å². The van der Waals surface area contributed by atoms with Crippen LogP contribution in [0.4, 0.5) is 5.69 Å². The molecule has 1 N–H and O–H groups in total. The monoisotopic (exact) mass is 267 g/mol. The molecular weight excluding hydrogens is 254 g/mol. The fraction of sp³-hybridized carbons (Fsp3) is 0.214. The van der Waals surface area contributed by atoms with Gasteiger partial charge in [-0.05, 0) is 25.1 Å². The van der Waals surface area contributed by atoms with Gasteiger partial charge in [0.05, 0.1) is 24.1 Å². The zero-order valence-electron chi connectivity index (χ0n) is 11.2. The van der Waals surface area contributed by atoms with Crippen LogP contribution in [0.3, 0.4) is 0 Å². The van der Waals surface area contributed by atoms with Gasteiger partial charge in [0.1, 0.15) is 11.8 Å². The smallest absolute Gasteiger partial charge is 0.203 e. The Hall–Kier alpha value is -2.81. The first kappa shape index (κ1) is 12.2. The Kier molecular flexibility index (Phi) is 2.88. The van der Waals surface area contributed by atoms with Crippen LogP contribution in [0.2, 0.25) is 0 Å². The van der Waals surface area contributed by atoms with Crippen LogP contribution < -0.4 is 5.32 Å². The zero-order valence-corrected chi connectivity index (χ0v) is 11.2. The van der Waals surface area contributed by atoms with Gasteiger partial charge in [-0.25, -0.2) is 4.98 Å². The molecule has 3 rings (SSSR count). The minimum atomic E-state index is 0.318. The number of hydrogen-bond acceptors (Lipinski definition) is 5. The third kappa shape index (κ3) is 2.10. The summed E-state index contributed by atoms with van der Waals surface area (Å²) in [5.74, 6) is 1.03. The van der Waals surface area contributed by atoms with Crippen molar-refractivity contribution >= 4 is 16.7 Å². The lowest BCUT2D eigenvalue weighted by Crippen LogP contribution is -1.99. The fourth-order valence-corrected chi connectivity index (χ4v) is 2.13. The SMILES string of the molecule is Cc1nn(C)c2ncc(NCc3ccc(C#N)o3)cc12. The Morgan fingerprint density at radius 1 is 1.45 bits per heavy atom. The molecule has 0 aromatic carbocycles. The van der Waals surface area contributed by atoms with Crippen molar-refractivity contribution in [1.29, 1.82) is 5.26 Å². The predicted octanol–water partition coefficient (Wildman–Crippen LogP) is 2.35. The second-order valence-electron chi connectivity index (χ2n) is 4.54. The summed E-state index contributed by atoms with van der Waals surface area (Å²) in [7, 11) is 1.88. The summed E-state index contributed by atoms with van der Waals surface area (Å²) in [4.78, 5) is 4.39. The van der Waals surface area contributed by atoms with Crippen molar-refractivity contribution in [2.75, 3.05) is 5.32 Å². The topological polar surface area (TPSA) is 79.7 Å². The Morgan fingerprint density at radius 2 is 2.30 bits per heavy atom. The highest BCUT2D eigenvalue weighted by Crippen LogP contribution is 2.20. The molecule has 3 aromatic heterocycles. The molecular formula is C14H13N5O. The summed E-state index contributed by atoms with van der Waals surface area (Å²) in [5.41, 5.74) is 2.70. The van der Waals surface area contributed by atoms with E-state index in [1.54, 1.807) is 23.0 Å². The van der Waals surface area contributed by atoms with E-state index in [0.29, 0.717) is 18.1 Å². The maximum absolute atomic E-state index is 8.70. The number of pyridine rings is 1. The zero-order chi connectivity index (χ0) is 14.1. The Bertz CT molecular complexity index is 809. The number of fused-ring (bicyclic) bond motifs is 1. The molecule has 6 nitrogen and oxygen atoms in total. The molecule has 6 heteroatoms. The van der Waals surface area contributed by atoms with E-state index < -0.39 is 0 Å². The van der Waals surface area contributed by atoms with Crippen LogP contribution in [0.25, 0.3) is 11.0 Å². The minimum Gasteiger partial charge on any atom is -0.449 e. The van der Waals surface area contributed by atoms with Crippen LogP contribution in [0.15, 0.2) is 28.8 Å². The maximum Gasteiger partial charge on any atom is 0.203 e. The number of nitriles is 1. The molecule has 0 bridgehead atoms. The minimum absolute atomic E-state index is 0.318. The molecule has 0 saturated carbocycles.